The van der Waals surface area contributed by atoms with Crippen LogP contribution in [0.3, 0.4) is 0 Å². The van der Waals surface area contributed by atoms with E-state index in [1.54, 1.807) is 0 Å². The second kappa shape index (κ2) is 10.1. The van der Waals surface area contributed by atoms with E-state index in [4.69, 9.17) is 9.72 Å². The minimum atomic E-state index is 0.418. The summed E-state index contributed by atoms with van der Waals surface area (Å²) >= 11 is 4.04. The molecule has 5 heteroatoms. The van der Waals surface area contributed by atoms with Crippen LogP contribution in [-0.4, -0.2) is 21.1 Å². The average Bonchev–Trinajstić information content (AvgIpc) is 3.03. The van der Waals surface area contributed by atoms with E-state index >= 15 is 0 Å². The van der Waals surface area contributed by atoms with Gasteiger partial charge in [-0.1, -0.05) is 44.2 Å². The molecular formula is C22H28N2OS2. The predicted molar refractivity (Wildman–Crippen MR) is 120 cm³/mol. The van der Waals surface area contributed by atoms with Crippen LogP contribution in [0.5, 0.6) is 5.75 Å². The number of ether oxygens (including phenoxy) is 1. The van der Waals surface area contributed by atoms with Crippen molar-refractivity contribution in [3.05, 3.63) is 59.9 Å². The van der Waals surface area contributed by atoms with E-state index in [0.717, 1.165) is 22.6 Å². The molecule has 0 atom stereocenters. The minimum absolute atomic E-state index is 0.418. The first-order valence-electron chi connectivity index (χ1n) is 9.59. The monoisotopic (exact) mass is 400 g/mol. The number of imidazole rings is 1. The van der Waals surface area contributed by atoms with E-state index < -0.39 is 0 Å². The summed E-state index contributed by atoms with van der Waals surface area (Å²) in [4.78, 5) is 4.73. The van der Waals surface area contributed by atoms with Crippen LogP contribution in [0.2, 0.25) is 0 Å². The van der Waals surface area contributed by atoms with Gasteiger partial charge in [0.25, 0.3) is 0 Å². The maximum Gasteiger partial charge on any atom is 0.147 e. The van der Waals surface area contributed by atoms with Gasteiger partial charge in [0.1, 0.15) is 18.2 Å². The third kappa shape index (κ3) is 5.02. The van der Waals surface area contributed by atoms with Gasteiger partial charge in [0.05, 0.1) is 15.6 Å². The van der Waals surface area contributed by atoms with Gasteiger partial charge in [-0.05, 0) is 42.5 Å². The summed E-state index contributed by atoms with van der Waals surface area (Å²) in [5.74, 6) is 4.26. The topological polar surface area (TPSA) is 27.1 Å². The van der Waals surface area contributed by atoms with E-state index in [1.165, 1.54) is 29.9 Å². The summed E-state index contributed by atoms with van der Waals surface area (Å²) in [6, 6.07) is 16.7. The predicted octanol–water partition coefficient (Wildman–Crippen LogP) is 6.44. The highest BCUT2D eigenvalue weighted by molar-refractivity contribution is 8.16. The first-order chi connectivity index (χ1) is 13.2. The van der Waals surface area contributed by atoms with Gasteiger partial charge in [0.2, 0.25) is 0 Å². The van der Waals surface area contributed by atoms with E-state index in [0.29, 0.717) is 11.2 Å². The molecule has 0 bridgehead atoms. The SMILES string of the molecule is CCCSC(SCCC)c1ccccc1OCc1nc2ccccc2n1C. The molecule has 0 aliphatic heterocycles. The molecule has 0 spiro atoms. The number of hydrogen-bond acceptors (Lipinski definition) is 4. The van der Waals surface area contributed by atoms with Crippen LogP contribution >= 0.6 is 23.5 Å². The number of nitrogens with zero attached hydrogens (tertiary/aromatic N) is 2. The highest BCUT2D eigenvalue weighted by Crippen LogP contribution is 2.44. The van der Waals surface area contributed by atoms with Crippen LogP contribution in [0, 0.1) is 0 Å². The van der Waals surface area contributed by atoms with Crippen molar-refractivity contribution in [2.45, 2.75) is 37.9 Å². The maximum atomic E-state index is 6.26. The van der Waals surface area contributed by atoms with Crippen molar-refractivity contribution in [2.75, 3.05) is 11.5 Å². The lowest BCUT2D eigenvalue weighted by atomic mass is 10.2. The number of fused-ring (bicyclic) bond motifs is 1. The molecule has 3 aromatic rings. The zero-order valence-electron chi connectivity index (χ0n) is 16.4. The Morgan fingerprint density at radius 2 is 1.63 bits per heavy atom. The van der Waals surface area contributed by atoms with Gasteiger partial charge in [0, 0.05) is 12.6 Å². The Morgan fingerprint density at radius 1 is 0.963 bits per heavy atom. The zero-order valence-corrected chi connectivity index (χ0v) is 18.0. The molecule has 1 aromatic heterocycles. The zero-order chi connectivity index (χ0) is 19.1. The Balaban J connectivity index is 1.78. The number of para-hydroxylation sites is 3. The van der Waals surface area contributed by atoms with Crippen LogP contribution in [0.25, 0.3) is 11.0 Å². The van der Waals surface area contributed by atoms with Crippen molar-refractivity contribution in [3.63, 3.8) is 0 Å². The number of benzene rings is 2. The summed E-state index contributed by atoms with van der Waals surface area (Å²) < 4.78 is 8.80. The van der Waals surface area contributed by atoms with Crippen LogP contribution < -0.4 is 4.74 Å². The normalized spacial score (nSPS) is 11.4. The lowest BCUT2D eigenvalue weighted by Gasteiger charge is -2.20. The van der Waals surface area contributed by atoms with E-state index in [9.17, 15) is 0 Å². The molecule has 1 heterocycles. The number of thioether (sulfide) groups is 2. The lowest BCUT2D eigenvalue weighted by molar-refractivity contribution is 0.290. The van der Waals surface area contributed by atoms with Crippen LogP contribution in [0.1, 0.15) is 42.7 Å². The Bertz CT molecular complexity index is 854. The van der Waals surface area contributed by atoms with Crippen LogP contribution in [0.4, 0.5) is 0 Å². The van der Waals surface area contributed by atoms with E-state index in [2.05, 4.69) is 55.8 Å². The summed E-state index contributed by atoms with van der Waals surface area (Å²) in [6.45, 7) is 4.96. The van der Waals surface area contributed by atoms with Crippen LogP contribution in [-0.2, 0) is 13.7 Å². The summed E-state index contributed by atoms with van der Waals surface area (Å²) in [6.07, 6.45) is 2.38. The maximum absolute atomic E-state index is 6.26. The Hall–Kier alpha value is -1.59. The highest BCUT2D eigenvalue weighted by atomic mass is 32.2. The Kier molecular flexibility index (Phi) is 7.53. The number of hydrogen-bond donors (Lipinski definition) is 0. The third-order valence-electron chi connectivity index (χ3n) is 4.36. The summed E-state index contributed by atoms with van der Waals surface area (Å²) in [7, 11) is 2.05. The smallest absolute Gasteiger partial charge is 0.147 e. The fourth-order valence-electron chi connectivity index (χ4n) is 2.95. The minimum Gasteiger partial charge on any atom is -0.485 e. The summed E-state index contributed by atoms with van der Waals surface area (Å²) in [5.41, 5.74) is 3.44. The number of aryl methyl sites for hydroxylation is 1. The van der Waals surface area contributed by atoms with Gasteiger partial charge >= 0.3 is 0 Å². The highest BCUT2D eigenvalue weighted by Gasteiger charge is 2.17. The number of rotatable bonds is 10. The molecule has 3 nitrogen and oxygen atoms in total. The van der Waals surface area contributed by atoms with Gasteiger partial charge < -0.3 is 9.30 Å². The largest absolute Gasteiger partial charge is 0.485 e. The van der Waals surface area contributed by atoms with Gasteiger partial charge in [-0.2, -0.15) is 0 Å². The van der Waals surface area contributed by atoms with Crippen LogP contribution in [0.15, 0.2) is 48.5 Å². The van der Waals surface area contributed by atoms with E-state index in [-0.39, 0.29) is 0 Å². The second-order valence-corrected chi connectivity index (χ2v) is 9.20. The fourth-order valence-corrected chi connectivity index (χ4v) is 5.56. The first-order valence-corrected chi connectivity index (χ1v) is 11.7. The van der Waals surface area contributed by atoms with Crippen molar-refractivity contribution in [1.82, 2.24) is 9.55 Å². The van der Waals surface area contributed by atoms with E-state index in [1.807, 2.05) is 41.7 Å². The quantitative estimate of drug-likeness (QED) is 0.366. The van der Waals surface area contributed by atoms with Crippen molar-refractivity contribution in [2.24, 2.45) is 7.05 Å². The molecule has 0 amide bonds. The molecule has 0 saturated carbocycles. The molecule has 3 rings (SSSR count). The van der Waals surface area contributed by atoms with Crippen molar-refractivity contribution >= 4 is 34.6 Å². The molecule has 27 heavy (non-hydrogen) atoms. The molecule has 0 saturated heterocycles. The molecular weight excluding hydrogens is 372 g/mol. The molecule has 144 valence electrons. The molecule has 2 aromatic carbocycles. The number of aromatic nitrogens is 2. The van der Waals surface area contributed by atoms with Gasteiger partial charge in [0.15, 0.2) is 0 Å². The Morgan fingerprint density at radius 3 is 2.33 bits per heavy atom. The second-order valence-electron chi connectivity index (χ2n) is 6.48. The first kappa shape index (κ1) is 20.2. The molecule has 0 fully saturated rings. The van der Waals surface area contributed by atoms with Gasteiger partial charge in [-0.25, -0.2) is 4.98 Å². The van der Waals surface area contributed by atoms with Gasteiger partial charge in [-0.3, -0.25) is 0 Å². The third-order valence-corrected chi connectivity index (χ3v) is 7.57. The standard InChI is InChI=1S/C22H28N2OS2/c1-4-14-26-22(27-15-5-2)17-10-6-9-13-20(17)25-16-21-23-18-11-7-8-12-19(18)24(21)3/h6-13,22H,4-5,14-16H2,1-3H3. The lowest BCUT2D eigenvalue weighted by Crippen LogP contribution is -2.05. The van der Waals surface area contributed by atoms with Crippen molar-refractivity contribution < 1.29 is 4.74 Å². The molecule has 0 N–H and O–H groups in total. The molecule has 0 aliphatic carbocycles. The molecule has 0 aliphatic rings. The van der Waals surface area contributed by atoms with Crippen molar-refractivity contribution in [1.29, 1.82) is 0 Å². The molecule has 0 unspecified atom stereocenters. The molecule has 0 radical (unpaired) electrons. The summed E-state index contributed by atoms with van der Waals surface area (Å²) in [5, 5.41) is 0. The van der Waals surface area contributed by atoms with Gasteiger partial charge in [-0.15, -0.1) is 23.5 Å². The average molecular weight is 401 g/mol. The fraction of sp³-hybridized carbons (Fsp3) is 0.409. The van der Waals surface area contributed by atoms with Crippen molar-refractivity contribution in [3.8, 4) is 5.75 Å². The Labute approximate surface area is 170 Å².